The van der Waals surface area contributed by atoms with Gasteiger partial charge in [-0.2, -0.15) is 0 Å². The standard InChI is InChI=1S/C33H40FNO6/c1-4-6-20-39-27-16-17-28(31(22-27)40-21-7-5-2)32-30(19-18-29(36)23-8-10-24(34)11-9-23)41-33(37)35(32)25-12-14-26(38-3)15-13-25/h8-17,22,29-30,32,36H,4-7,18-21H2,1-3H3/t29-,30+,32+/m0/s1. The Balaban J connectivity index is 1.68. The Labute approximate surface area is 241 Å². The van der Waals surface area contributed by atoms with Crippen LogP contribution in [0.15, 0.2) is 66.7 Å². The van der Waals surface area contributed by atoms with Crippen LogP contribution in [0.1, 0.15) is 75.6 Å². The lowest BCUT2D eigenvalue weighted by Crippen LogP contribution is -2.30. The van der Waals surface area contributed by atoms with Crippen LogP contribution < -0.4 is 19.1 Å². The third-order valence-corrected chi connectivity index (χ3v) is 7.23. The Hall–Kier alpha value is -3.78. The average Bonchev–Trinajstić information content (AvgIpc) is 3.32. The third kappa shape index (κ3) is 7.70. The van der Waals surface area contributed by atoms with E-state index in [1.807, 2.05) is 30.3 Å². The third-order valence-electron chi connectivity index (χ3n) is 7.23. The van der Waals surface area contributed by atoms with Gasteiger partial charge in [0.1, 0.15) is 35.2 Å². The summed E-state index contributed by atoms with van der Waals surface area (Å²) in [5.74, 6) is 1.66. The maximum atomic E-state index is 13.4. The molecule has 0 radical (unpaired) electrons. The van der Waals surface area contributed by atoms with E-state index in [1.54, 1.807) is 36.3 Å². The Bertz CT molecular complexity index is 1250. The zero-order valence-corrected chi connectivity index (χ0v) is 24.1. The number of rotatable bonds is 15. The van der Waals surface area contributed by atoms with Crippen molar-refractivity contribution in [3.05, 3.63) is 83.7 Å². The van der Waals surface area contributed by atoms with Crippen LogP contribution in [-0.2, 0) is 4.74 Å². The normalized spacial score (nSPS) is 17.3. The quantitative estimate of drug-likeness (QED) is 0.190. The number of methoxy groups -OCH3 is 1. The summed E-state index contributed by atoms with van der Waals surface area (Å²) in [6.07, 6.45) is 2.66. The summed E-state index contributed by atoms with van der Waals surface area (Å²) in [7, 11) is 1.59. The highest BCUT2D eigenvalue weighted by Crippen LogP contribution is 2.44. The number of anilines is 1. The summed E-state index contributed by atoms with van der Waals surface area (Å²) < 4.78 is 36.9. The molecule has 1 amide bonds. The molecule has 0 saturated carbocycles. The lowest BCUT2D eigenvalue weighted by Gasteiger charge is -2.28. The number of hydrogen-bond acceptors (Lipinski definition) is 6. The van der Waals surface area contributed by atoms with Gasteiger partial charge in [0, 0.05) is 17.3 Å². The van der Waals surface area contributed by atoms with E-state index in [2.05, 4.69) is 13.8 Å². The summed E-state index contributed by atoms with van der Waals surface area (Å²) in [6.45, 7) is 5.35. The van der Waals surface area contributed by atoms with E-state index >= 15 is 0 Å². The van der Waals surface area contributed by atoms with Crippen LogP contribution in [0, 0.1) is 5.82 Å². The highest BCUT2D eigenvalue weighted by Gasteiger charge is 2.45. The van der Waals surface area contributed by atoms with E-state index in [9.17, 15) is 14.3 Å². The topological polar surface area (TPSA) is 77.5 Å². The number of hydrogen-bond donors (Lipinski definition) is 1. The number of aliphatic hydroxyl groups is 1. The first-order chi connectivity index (χ1) is 19.9. The monoisotopic (exact) mass is 565 g/mol. The number of unbranched alkanes of at least 4 members (excludes halogenated alkanes) is 2. The number of halogens is 1. The van der Waals surface area contributed by atoms with Crippen LogP contribution in [0.4, 0.5) is 14.9 Å². The van der Waals surface area contributed by atoms with E-state index in [-0.39, 0.29) is 5.82 Å². The number of cyclic esters (lactones) is 1. The van der Waals surface area contributed by atoms with Gasteiger partial charge in [-0.05, 0) is 79.8 Å². The lowest BCUT2D eigenvalue weighted by atomic mass is 9.93. The van der Waals surface area contributed by atoms with Crippen molar-refractivity contribution in [2.45, 2.75) is 70.6 Å². The second-order valence-corrected chi connectivity index (χ2v) is 10.2. The van der Waals surface area contributed by atoms with E-state index in [0.29, 0.717) is 54.6 Å². The number of nitrogens with zero attached hydrogens (tertiary/aromatic N) is 1. The van der Waals surface area contributed by atoms with Crippen molar-refractivity contribution in [1.29, 1.82) is 0 Å². The van der Waals surface area contributed by atoms with Gasteiger partial charge >= 0.3 is 6.09 Å². The fraction of sp³-hybridized carbons (Fsp3) is 0.424. The number of amides is 1. The van der Waals surface area contributed by atoms with E-state index < -0.39 is 24.3 Å². The predicted molar refractivity (Wildman–Crippen MR) is 156 cm³/mol. The number of carbonyl (C=O) groups excluding carboxylic acids is 1. The molecule has 1 aliphatic heterocycles. The van der Waals surface area contributed by atoms with Gasteiger partial charge in [-0.15, -0.1) is 0 Å². The molecule has 1 aliphatic rings. The maximum Gasteiger partial charge on any atom is 0.415 e. The molecule has 220 valence electrons. The second kappa shape index (κ2) is 14.7. The first kappa shape index (κ1) is 30.2. The molecule has 8 heteroatoms. The molecular weight excluding hydrogens is 525 g/mol. The minimum absolute atomic E-state index is 0.320. The largest absolute Gasteiger partial charge is 0.497 e. The van der Waals surface area contributed by atoms with Gasteiger partial charge in [0.05, 0.1) is 26.4 Å². The molecule has 1 heterocycles. The van der Waals surface area contributed by atoms with E-state index in [0.717, 1.165) is 31.2 Å². The summed E-state index contributed by atoms with van der Waals surface area (Å²) in [4.78, 5) is 15.0. The zero-order valence-electron chi connectivity index (χ0n) is 24.1. The Morgan fingerprint density at radius 3 is 2.24 bits per heavy atom. The van der Waals surface area contributed by atoms with Gasteiger partial charge in [0.25, 0.3) is 0 Å². The fourth-order valence-corrected chi connectivity index (χ4v) is 4.90. The SMILES string of the molecule is CCCCOc1ccc([C@@H]2[C@@H](CC[C@H](O)c3ccc(F)cc3)OC(=O)N2c2ccc(OC)cc2)c(OCCCC)c1. The molecule has 3 atom stereocenters. The molecule has 3 aromatic rings. The van der Waals surface area contributed by atoms with Crippen LogP contribution in [0.5, 0.6) is 17.2 Å². The molecule has 1 N–H and O–H groups in total. The highest BCUT2D eigenvalue weighted by atomic mass is 19.1. The predicted octanol–water partition coefficient (Wildman–Crippen LogP) is 7.77. The summed E-state index contributed by atoms with van der Waals surface area (Å²) >= 11 is 0. The first-order valence-electron chi connectivity index (χ1n) is 14.4. The van der Waals surface area contributed by atoms with Crippen molar-refractivity contribution in [1.82, 2.24) is 0 Å². The smallest absolute Gasteiger partial charge is 0.415 e. The molecule has 1 saturated heterocycles. The van der Waals surface area contributed by atoms with Gasteiger partial charge in [-0.3, -0.25) is 4.90 Å². The minimum Gasteiger partial charge on any atom is -0.497 e. The van der Waals surface area contributed by atoms with Crippen molar-refractivity contribution >= 4 is 11.8 Å². The van der Waals surface area contributed by atoms with Gasteiger partial charge in [0.2, 0.25) is 0 Å². The van der Waals surface area contributed by atoms with Crippen molar-refractivity contribution in [3.63, 3.8) is 0 Å². The van der Waals surface area contributed by atoms with Crippen LogP contribution in [-0.4, -0.2) is 37.6 Å². The molecule has 1 fully saturated rings. The Morgan fingerprint density at radius 2 is 1.59 bits per heavy atom. The average molecular weight is 566 g/mol. The molecule has 41 heavy (non-hydrogen) atoms. The molecule has 4 rings (SSSR count). The molecule has 0 aromatic heterocycles. The number of benzene rings is 3. The molecule has 0 aliphatic carbocycles. The van der Waals surface area contributed by atoms with Crippen LogP contribution in [0.25, 0.3) is 0 Å². The maximum absolute atomic E-state index is 13.4. The van der Waals surface area contributed by atoms with Crippen LogP contribution >= 0.6 is 0 Å². The van der Waals surface area contributed by atoms with Crippen molar-refractivity contribution in [2.75, 3.05) is 25.2 Å². The van der Waals surface area contributed by atoms with E-state index in [1.165, 1.54) is 12.1 Å². The summed E-state index contributed by atoms with van der Waals surface area (Å²) in [5, 5.41) is 10.8. The molecule has 7 nitrogen and oxygen atoms in total. The number of carbonyl (C=O) groups is 1. The van der Waals surface area contributed by atoms with Gasteiger partial charge < -0.3 is 24.1 Å². The number of aliphatic hydroxyl groups excluding tert-OH is 1. The summed E-state index contributed by atoms with van der Waals surface area (Å²) in [5.41, 5.74) is 2.06. The van der Waals surface area contributed by atoms with Gasteiger partial charge in [0.15, 0.2) is 0 Å². The van der Waals surface area contributed by atoms with E-state index in [4.69, 9.17) is 18.9 Å². The number of ether oxygens (including phenoxy) is 4. The Morgan fingerprint density at radius 1 is 0.927 bits per heavy atom. The lowest BCUT2D eigenvalue weighted by molar-refractivity contribution is 0.100. The zero-order chi connectivity index (χ0) is 29.2. The van der Waals surface area contributed by atoms with Gasteiger partial charge in [-0.1, -0.05) is 38.8 Å². The molecule has 0 bridgehead atoms. The molecule has 0 unspecified atom stereocenters. The van der Waals surface area contributed by atoms with Crippen LogP contribution in [0.2, 0.25) is 0 Å². The van der Waals surface area contributed by atoms with Crippen molar-refractivity contribution < 1.29 is 33.2 Å². The molecular formula is C33H40FNO6. The Kier molecular flexibility index (Phi) is 10.8. The molecule has 0 spiro atoms. The van der Waals surface area contributed by atoms with Gasteiger partial charge in [-0.25, -0.2) is 9.18 Å². The van der Waals surface area contributed by atoms with Crippen molar-refractivity contribution in [3.8, 4) is 17.2 Å². The van der Waals surface area contributed by atoms with Crippen LogP contribution in [0.3, 0.4) is 0 Å². The van der Waals surface area contributed by atoms with Crippen molar-refractivity contribution in [2.24, 2.45) is 0 Å². The fourth-order valence-electron chi connectivity index (χ4n) is 4.90. The summed E-state index contributed by atoms with van der Waals surface area (Å²) in [6, 6.07) is 18.2. The highest BCUT2D eigenvalue weighted by molar-refractivity contribution is 5.91. The minimum atomic E-state index is -0.834. The molecule has 3 aromatic carbocycles. The second-order valence-electron chi connectivity index (χ2n) is 10.2. The first-order valence-corrected chi connectivity index (χ1v) is 14.4.